The number of amides is 1. The molecule has 1 amide bonds. The van der Waals surface area contributed by atoms with Gasteiger partial charge >= 0.3 is 0 Å². The van der Waals surface area contributed by atoms with E-state index in [1.807, 2.05) is 0 Å². The van der Waals surface area contributed by atoms with Crippen LogP contribution in [-0.2, 0) is 14.8 Å². The molecule has 1 aliphatic rings. The quantitative estimate of drug-likeness (QED) is 0.870. The van der Waals surface area contributed by atoms with Crippen molar-refractivity contribution in [3.63, 3.8) is 0 Å². The third-order valence-corrected chi connectivity index (χ3v) is 5.47. The summed E-state index contributed by atoms with van der Waals surface area (Å²) >= 11 is 5.90. The summed E-state index contributed by atoms with van der Waals surface area (Å²) in [7, 11) is -2.51. The van der Waals surface area contributed by atoms with E-state index in [0.717, 1.165) is 5.56 Å². The van der Waals surface area contributed by atoms with Crippen LogP contribution in [0.25, 0.3) is 0 Å². The van der Waals surface area contributed by atoms with Crippen molar-refractivity contribution in [3.8, 4) is 5.75 Å². The van der Waals surface area contributed by atoms with E-state index in [4.69, 9.17) is 16.3 Å². The summed E-state index contributed by atoms with van der Waals surface area (Å²) in [6, 6.07) is 9.27. The maximum Gasteiger partial charge on any atom is 0.265 e. The molecule has 1 aliphatic heterocycles. The molecule has 2 aromatic carbocycles. The SMILES string of the molecule is COc1ccc(Cl)cc1S(=O)(=O)Nc1ccc2c(c1)C(C)C(=O)N2. The zero-order valence-electron chi connectivity index (χ0n) is 13.0. The Hall–Kier alpha value is -2.25. The van der Waals surface area contributed by atoms with Crippen LogP contribution in [0.15, 0.2) is 41.3 Å². The van der Waals surface area contributed by atoms with Crippen LogP contribution >= 0.6 is 11.6 Å². The van der Waals surface area contributed by atoms with Gasteiger partial charge in [-0.25, -0.2) is 8.42 Å². The number of nitrogens with one attached hydrogen (secondary N) is 2. The number of anilines is 2. The van der Waals surface area contributed by atoms with E-state index in [9.17, 15) is 13.2 Å². The van der Waals surface area contributed by atoms with Crippen molar-refractivity contribution >= 4 is 38.9 Å². The van der Waals surface area contributed by atoms with E-state index in [1.54, 1.807) is 31.2 Å². The van der Waals surface area contributed by atoms with E-state index in [1.165, 1.54) is 19.2 Å². The molecule has 1 atom stereocenters. The number of carbonyl (C=O) groups is 1. The van der Waals surface area contributed by atoms with Crippen LogP contribution in [0.5, 0.6) is 5.75 Å². The lowest BCUT2D eigenvalue weighted by Crippen LogP contribution is -2.14. The average Bonchev–Trinajstić information content (AvgIpc) is 2.82. The second-order valence-electron chi connectivity index (χ2n) is 5.41. The first-order valence-electron chi connectivity index (χ1n) is 7.13. The van der Waals surface area contributed by atoms with Crippen LogP contribution in [0.2, 0.25) is 5.02 Å². The molecule has 0 bridgehead atoms. The Morgan fingerprint density at radius 3 is 2.67 bits per heavy atom. The van der Waals surface area contributed by atoms with Gasteiger partial charge in [0, 0.05) is 16.4 Å². The molecule has 2 N–H and O–H groups in total. The molecule has 0 spiro atoms. The molecule has 8 heteroatoms. The molecular formula is C16H15ClN2O4S. The van der Waals surface area contributed by atoms with Gasteiger partial charge in [0.1, 0.15) is 10.6 Å². The van der Waals surface area contributed by atoms with Gasteiger partial charge in [0.2, 0.25) is 5.91 Å². The van der Waals surface area contributed by atoms with Gasteiger partial charge in [-0.3, -0.25) is 9.52 Å². The van der Waals surface area contributed by atoms with Gasteiger partial charge in [0.15, 0.2) is 0 Å². The van der Waals surface area contributed by atoms with E-state index in [0.29, 0.717) is 11.4 Å². The van der Waals surface area contributed by atoms with Crippen LogP contribution in [0.1, 0.15) is 18.4 Å². The Labute approximate surface area is 144 Å². The van der Waals surface area contributed by atoms with Crippen LogP contribution in [0.3, 0.4) is 0 Å². The highest BCUT2D eigenvalue weighted by molar-refractivity contribution is 7.92. The molecule has 0 aliphatic carbocycles. The third kappa shape index (κ3) is 2.92. The second-order valence-corrected chi connectivity index (χ2v) is 7.50. The smallest absolute Gasteiger partial charge is 0.265 e. The number of sulfonamides is 1. The fourth-order valence-corrected chi connectivity index (χ4v) is 4.03. The van der Waals surface area contributed by atoms with Crippen molar-refractivity contribution in [1.29, 1.82) is 0 Å². The zero-order valence-corrected chi connectivity index (χ0v) is 14.5. The van der Waals surface area contributed by atoms with Gasteiger partial charge in [0.05, 0.1) is 13.0 Å². The first kappa shape index (κ1) is 16.6. The topological polar surface area (TPSA) is 84.5 Å². The number of hydrogen-bond acceptors (Lipinski definition) is 4. The summed E-state index contributed by atoms with van der Waals surface area (Å²) in [6.45, 7) is 1.76. The maximum atomic E-state index is 12.6. The standard InChI is InChI=1S/C16H15ClN2O4S/c1-9-12-8-11(4-5-13(12)18-16(9)20)19-24(21,22)15-7-10(17)3-6-14(15)23-2/h3-9,19H,1-2H3,(H,18,20). The highest BCUT2D eigenvalue weighted by Gasteiger charge is 2.27. The number of fused-ring (bicyclic) bond motifs is 1. The third-order valence-electron chi connectivity index (χ3n) is 3.84. The Bertz CT molecular complexity index is 928. The van der Waals surface area contributed by atoms with Crippen LogP contribution in [0, 0.1) is 0 Å². The molecule has 0 saturated carbocycles. The normalized spacial score (nSPS) is 16.5. The van der Waals surface area contributed by atoms with Crippen molar-refractivity contribution < 1.29 is 17.9 Å². The number of methoxy groups -OCH3 is 1. The van der Waals surface area contributed by atoms with Crippen LogP contribution in [-0.4, -0.2) is 21.4 Å². The second kappa shape index (κ2) is 5.99. The fraction of sp³-hybridized carbons (Fsp3) is 0.188. The molecule has 1 heterocycles. The predicted molar refractivity (Wildman–Crippen MR) is 92.3 cm³/mol. The molecule has 1 unspecified atom stereocenters. The number of hydrogen-bond donors (Lipinski definition) is 2. The summed E-state index contributed by atoms with van der Waals surface area (Å²) in [5.41, 5.74) is 1.80. The molecule has 6 nitrogen and oxygen atoms in total. The number of rotatable bonds is 4. The lowest BCUT2D eigenvalue weighted by molar-refractivity contribution is -0.116. The number of ether oxygens (including phenoxy) is 1. The molecule has 3 rings (SSSR count). The van der Waals surface area contributed by atoms with Gasteiger partial charge in [-0.1, -0.05) is 11.6 Å². The van der Waals surface area contributed by atoms with Crippen LogP contribution in [0.4, 0.5) is 11.4 Å². The molecule has 126 valence electrons. The van der Waals surface area contributed by atoms with Gasteiger partial charge in [-0.05, 0) is 48.9 Å². The molecular weight excluding hydrogens is 352 g/mol. The fourth-order valence-electron chi connectivity index (χ4n) is 2.55. The summed E-state index contributed by atoms with van der Waals surface area (Å²) in [6.07, 6.45) is 0. The minimum absolute atomic E-state index is 0.0553. The largest absolute Gasteiger partial charge is 0.495 e. The molecule has 0 aromatic heterocycles. The van der Waals surface area contributed by atoms with Gasteiger partial charge in [0.25, 0.3) is 10.0 Å². The van der Waals surface area contributed by atoms with Crippen molar-refractivity contribution in [2.24, 2.45) is 0 Å². The molecule has 0 radical (unpaired) electrons. The molecule has 2 aromatic rings. The number of halogens is 1. The highest BCUT2D eigenvalue weighted by atomic mass is 35.5. The molecule has 0 fully saturated rings. The summed E-state index contributed by atoms with van der Waals surface area (Å²) in [5, 5.41) is 3.03. The first-order chi connectivity index (χ1) is 11.3. The van der Waals surface area contributed by atoms with Crippen molar-refractivity contribution in [2.45, 2.75) is 17.7 Å². The molecule has 24 heavy (non-hydrogen) atoms. The Morgan fingerprint density at radius 1 is 1.21 bits per heavy atom. The van der Waals surface area contributed by atoms with Gasteiger partial charge < -0.3 is 10.1 Å². The Balaban J connectivity index is 1.97. The minimum atomic E-state index is -3.89. The Kier molecular flexibility index (Phi) is 4.15. The van der Waals surface area contributed by atoms with Crippen LogP contribution < -0.4 is 14.8 Å². The van der Waals surface area contributed by atoms with Crippen molar-refractivity contribution in [2.75, 3.05) is 17.1 Å². The van der Waals surface area contributed by atoms with E-state index >= 15 is 0 Å². The summed E-state index contributed by atoms with van der Waals surface area (Å²) < 4.78 is 32.9. The number of benzene rings is 2. The average molecular weight is 367 g/mol. The van der Waals surface area contributed by atoms with E-state index in [-0.39, 0.29) is 27.5 Å². The predicted octanol–water partition coefficient (Wildman–Crippen LogP) is 3.21. The minimum Gasteiger partial charge on any atom is -0.495 e. The maximum absolute atomic E-state index is 12.6. The molecule has 0 saturated heterocycles. The monoisotopic (exact) mass is 366 g/mol. The lowest BCUT2D eigenvalue weighted by atomic mass is 10.0. The summed E-state index contributed by atoms with van der Waals surface area (Å²) in [5.74, 6) is -0.245. The van der Waals surface area contributed by atoms with Crippen molar-refractivity contribution in [3.05, 3.63) is 47.0 Å². The Morgan fingerprint density at radius 2 is 1.96 bits per heavy atom. The summed E-state index contributed by atoms with van der Waals surface area (Å²) in [4.78, 5) is 11.6. The van der Waals surface area contributed by atoms with Gasteiger partial charge in [-0.2, -0.15) is 0 Å². The van der Waals surface area contributed by atoms with E-state index < -0.39 is 10.0 Å². The van der Waals surface area contributed by atoms with E-state index in [2.05, 4.69) is 10.0 Å². The highest BCUT2D eigenvalue weighted by Crippen LogP contribution is 2.35. The lowest BCUT2D eigenvalue weighted by Gasteiger charge is -2.13. The van der Waals surface area contributed by atoms with Crippen molar-refractivity contribution in [1.82, 2.24) is 0 Å². The first-order valence-corrected chi connectivity index (χ1v) is 8.99. The van der Waals surface area contributed by atoms with Gasteiger partial charge in [-0.15, -0.1) is 0 Å². The zero-order chi connectivity index (χ0) is 17.5. The number of carbonyl (C=O) groups excluding carboxylic acids is 1.